The van der Waals surface area contributed by atoms with Crippen LogP contribution in [0.5, 0.6) is 0 Å². The van der Waals surface area contributed by atoms with Crippen molar-refractivity contribution in [2.24, 2.45) is 0 Å². The van der Waals surface area contributed by atoms with Crippen LogP contribution < -0.4 is 0 Å². The standard InChI is InChI=1S/2Cr.Cu.4O/q2*+3;+2;4*-2. The van der Waals surface area contributed by atoms with E-state index in [1.54, 1.807) is 0 Å². The van der Waals surface area contributed by atoms with Crippen LogP contribution in [0, 0.1) is 0 Å². The molecule has 0 aromatic heterocycles. The number of rotatable bonds is 0. The zero-order valence-corrected chi connectivity index (χ0v) is 6.24. The van der Waals surface area contributed by atoms with Crippen molar-refractivity contribution < 1.29 is 73.7 Å². The molecule has 0 rings (SSSR count). The summed E-state index contributed by atoms with van der Waals surface area (Å²) in [5.41, 5.74) is 0. The van der Waals surface area contributed by atoms with Crippen LogP contribution in [0.1, 0.15) is 0 Å². The number of hydrogen-bond donors (Lipinski definition) is 0. The summed E-state index contributed by atoms with van der Waals surface area (Å²) < 4.78 is 0. The second-order valence-electron chi connectivity index (χ2n) is 0. The van der Waals surface area contributed by atoms with Gasteiger partial charge in [-0.15, -0.1) is 0 Å². The largest absolute Gasteiger partial charge is 3.00 e. The molecule has 0 N–H and O–H groups in total. The van der Waals surface area contributed by atoms with E-state index < -0.39 is 0 Å². The minimum absolute atomic E-state index is 0. The van der Waals surface area contributed by atoms with Gasteiger partial charge in [0.1, 0.15) is 0 Å². The van der Waals surface area contributed by atoms with Crippen LogP contribution in [-0.2, 0) is 73.7 Å². The van der Waals surface area contributed by atoms with E-state index in [4.69, 9.17) is 0 Å². The molecule has 7 heteroatoms. The molecule has 0 spiro atoms. The first-order chi connectivity index (χ1) is 0. The zero-order chi connectivity index (χ0) is 0. The topological polar surface area (TPSA) is 114 Å². The van der Waals surface area contributed by atoms with E-state index in [9.17, 15) is 0 Å². The molecular formula is Cr2CuO4. The fourth-order valence-corrected chi connectivity index (χ4v) is 0. The van der Waals surface area contributed by atoms with Crippen LogP contribution in [0.2, 0.25) is 0 Å². The molecule has 0 aliphatic rings. The Labute approximate surface area is 73.6 Å². The van der Waals surface area contributed by atoms with Gasteiger partial charge >= 0.3 is 51.8 Å². The van der Waals surface area contributed by atoms with Crippen molar-refractivity contribution >= 4 is 0 Å². The first kappa shape index (κ1) is 229. The fourth-order valence-electron chi connectivity index (χ4n) is 0. The Bertz CT molecular complexity index is 9.65. The summed E-state index contributed by atoms with van der Waals surface area (Å²) in [6.07, 6.45) is 0. The molecule has 0 aromatic rings. The Morgan fingerprint density at radius 3 is 0.429 bits per heavy atom. The van der Waals surface area contributed by atoms with Gasteiger partial charge < -0.3 is 21.9 Å². The first-order valence-electron chi connectivity index (χ1n) is 0. The molecule has 4 nitrogen and oxygen atoms in total. The summed E-state index contributed by atoms with van der Waals surface area (Å²) in [6, 6.07) is 0. The summed E-state index contributed by atoms with van der Waals surface area (Å²) >= 11 is 0. The monoisotopic (exact) mass is 231 g/mol. The maximum atomic E-state index is 0. The summed E-state index contributed by atoms with van der Waals surface area (Å²) in [5, 5.41) is 0. The van der Waals surface area contributed by atoms with Gasteiger partial charge in [-0.2, -0.15) is 0 Å². The second-order valence-corrected chi connectivity index (χ2v) is 0. The third kappa shape index (κ3) is 108. The van der Waals surface area contributed by atoms with Crippen molar-refractivity contribution in [3.05, 3.63) is 0 Å². The van der Waals surface area contributed by atoms with E-state index >= 15 is 0 Å². The van der Waals surface area contributed by atoms with Crippen LogP contribution in [0.15, 0.2) is 0 Å². The van der Waals surface area contributed by atoms with Gasteiger partial charge in [0.25, 0.3) is 0 Å². The van der Waals surface area contributed by atoms with Crippen molar-refractivity contribution in [1.82, 2.24) is 0 Å². The minimum atomic E-state index is 0. The van der Waals surface area contributed by atoms with Crippen molar-refractivity contribution in [2.75, 3.05) is 0 Å². The molecule has 0 unspecified atom stereocenters. The van der Waals surface area contributed by atoms with E-state index in [0.717, 1.165) is 0 Å². The molecule has 0 saturated carbocycles. The smallest absolute Gasteiger partial charge is 2.00 e. The molecule has 7 heavy (non-hydrogen) atoms. The average Bonchev–Trinajstić information content (AvgIpc) is 0. The van der Waals surface area contributed by atoms with Gasteiger partial charge in [-0.05, 0) is 0 Å². The molecule has 0 saturated heterocycles. The molecule has 0 heterocycles. The van der Waals surface area contributed by atoms with Crippen molar-refractivity contribution in [3.63, 3.8) is 0 Å². The third-order valence-electron chi connectivity index (χ3n) is 0. The Hall–Kier alpha value is 1.42. The summed E-state index contributed by atoms with van der Waals surface area (Å²) in [6.45, 7) is 0. The van der Waals surface area contributed by atoms with Gasteiger partial charge in [-0.3, -0.25) is 0 Å². The molecule has 0 amide bonds. The summed E-state index contributed by atoms with van der Waals surface area (Å²) in [4.78, 5) is 0. The van der Waals surface area contributed by atoms with Gasteiger partial charge in [-0.25, -0.2) is 0 Å². The van der Waals surface area contributed by atoms with Crippen LogP contribution in [0.3, 0.4) is 0 Å². The summed E-state index contributed by atoms with van der Waals surface area (Å²) in [5.74, 6) is 0. The molecule has 0 fully saturated rings. The van der Waals surface area contributed by atoms with E-state index in [1.807, 2.05) is 0 Å². The average molecular weight is 232 g/mol. The van der Waals surface area contributed by atoms with Crippen LogP contribution in [0.4, 0.5) is 0 Å². The van der Waals surface area contributed by atoms with Gasteiger partial charge in [0.2, 0.25) is 0 Å². The SMILES string of the molecule is [Cr+3].[Cr+3].[Cu+2].[O-2].[O-2].[O-2].[O-2]. The maximum Gasteiger partial charge on any atom is 3.00 e. The minimum Gasteiger partial charge on any atom is -2.00 e. The maximum absolute atomic E-state index is 0. The van der Waals surface area contributed by atoms with Gasteiger partial charge in [0.15, 0.2) is 0 Å². The Balaban J connectivity index is 0. The van der Waals surface area contributed by atoms with Crippen molar-refractivity contribution in [3.8, 4) is 0 Å². The fraction of sp³-hybridized carbons (Fsp3) is 0. The molecule has 47 valence electrons. The molecule has 0 aliphatic heterocycles. The van der Waals surface area contributed by atoms with E-state index in [-0.39, 0.29) is 73.7 Å². The molecule has 0 aromatic carbocycles. The molecule has 3 radical (unpaired) electrons. The predicted molar refractivity (Wildman–Crippen MR) is 2.75 cm³/mol. The quantitative estimate of drug-likeness (QED) is 0.501. The van der Waals surface area contributed by atoms with Crippen LogP contribution in [0.25, 0.3) is 0 Å². The second kappa shape index (κ2) is 151. The molecule has 0 atom stereocenters. The van der Waals surface area contributed by atoms with Gasteiger partial charge in [0.05, 0.1) is 0 Å². The number of hydrogen-bond acceptors (Lipinski definition) is 0. The normalized spacial score (nSPS) is 0. The Morgan fingerprint density at radius 1 is 0.429 bits per heavy atom. The van der Waals surface area contributed by atoms with Gasteiger partial charge in [-0.1, -0.05) is 0 Å². The van der Waals surface area contributed by atoms with E-state index in [0.29, 0.717) is 0 Å². The Morgan fingerprint density at radius 2 is 0.429 bits per heavy atom. The zero-order valence-electron chi connectivity index (χ0n) is 2.75. The van der Waals surface area contributed by atoms with E-state index in [2.05, 4.69) is 0 Å². The van der Waals surface area contributed by atoms with Crippen LogP contribution >= 0.6 is 0 Å². The Kier molecular flexibility index (Phi) is 4940. The van der Waals surface area contributed by atoms with Crippen molar-refractivity contribution in [1.29, 1.82) is 0 Å². The van der Waals surface area contributed by atoms with Crippen molar-refractivity contribution in [2.45, 2.75) is 0 Å². The first-order valence-corrected chi connectivity index (χ1v) is 0. The summed E-state index contributed by atoms with van der Waals surface area (Å²) in [7, 11) is 0. The molecule has 0 aliphatic carbocycles. The van der Waals surface area contributed by atoms with Gasteiger partial charge in [0, 0.05) is 0 Å². The molecule has 0 bridgehead atoms. The predicted octanol–water partition coefficient (Wildman–Crippen LogP) is -0.483. The third-order valence-corrected chi connectivity index (χ3v) is 0. The molecular weight excluding hydrogens is 232 g/mol. The van der Waals surface area contributed by atoms with Crippen LogP contribution in [-0.4, -0.2) is 0 Å². The van der Waals surface area contributed by atoms with E-state index in [1.165, 1.54) is 0 Å².